The molecule has 3 nitrogen and oxygen atoms in total. The van der Waals surface area contributed by atoms with Gasteiger partial charge in [-0.1, -0.05) is 30.3 Å². The van der Waals surface area contributed by atoms with Crippen LogP contribution in [0.3, 0.4) is 0 Å². The molecule has 1 aromatic carbocycles. The van der Waals surface area contributed by atoms with Crippen LogP contribution in [0.5, 0.6) is 0 Å². The fourth-order valence-electron chi connectivity index (χ4n) is 2.88. The Labute approximate surface area is 115 Å². The molecule has 1 aliphatic heterocycles. The van der Waals surface area contributed by atoms with Crippen LogP contribution in [0.1, 0.15) is 31.2 Å². The maximum Gasteiger partial charge on any atom is 0.237 e. The van der Waals surface area contributed by atoms with Gasteiger partial charge in [0.25, 0.3) is 0 Å². The summed E-state index contributed by atoms with van der Waals surface area (Å²) < 4.78 is 0. The van der Waals surface area contributed by atoms with E-state index in [0.29, 0.717) is 6.54 Å². The smallest absolute Gasteiger partial charge is 0.237 e. The lowest BCUT2D eigenvalue weighted by molar-refractivity contribution is -0.125. The molecular formula is C16H22N2O. The van der Waals surface area contributed by atoms with E-state index in [9.17, 15) is 4.79 Å². The minimum Gasteiger partial charge on any atom is -0.351 e. The summed E-state index contributed by atoms with van der Waals surface area (Å²) in [6.45, 7) is 2.87. The van der Waals surface area contributed by atoms with Crippen LogP contribution in [0, 0.1) is 5.92 Å². The number of amides is 1. The van der Waals surface area contributed by atoms with E-state index < -0.39 is 0 Å². The fraction of sp³-hybridized carbons (Fsp3) is 0.562. The second-order valence-corrected chi connectivity index (χ2v) is 5.80. The highest BCUT2D eigenvalue weighted by atomic mass is 16.2. The van der Waals surface area contributed by atoms with Gasteiger partial charge in [-0.25, -0.2) is 0 Å². The molecule has 1 aromatic rings. The lowest BCUT2D eigenvalue weighted by Crippen LogP contribution is -2.43. The van der Waals surface area contributed by atoms with Gasteiger partial charge in [-0.2, -0.15) is 0 Å². The summed E-state index contributed by atoms with van der Waals surface area (Å²) >= 11 is 0. The van der Waals surface area contributed by atoms with Gasteiger partial charge in [-0.15, -0.1) is 0 Å². The van der Waals surface area contributed by atoms with E-state index in [0.717, 1.165) is 31.8 Å². The SMILES string of the molecule is O=C(NCc1ccccc1)[C@H]1CCCN1CC1CC1. The van der Waals surface area contributed by atoms with Crippen molar-refractivity contribution in [3.63, 3.8) is 0 Å². The monoisotopic (exact) mass is 258 g/mol. The molecule has 1 atom stereocenters. The van der Waals surface area contributed by atoms with Crippen LogP contribution >= 0.6 is 0 Å². The third kappa shape index (κ3) is 3.35. The van der Waals surface area contributed by atoms with Crippen molar-refractivity contribution >= 4 is 5.91 Å². The van der Waals surface area contributed by atoms with Crippen molar-refractivity contribution in [1.82, 2.24) is 10.2 Å². The molecule has 0 radical (unpaired) electrons. The fourth-order valence-corrected chi connectivity index (χ4v) is 2.88. The Morgan fingerprint density at radius 1 is 1.21 bits per heavy atom. The van der Waals surface area contributed by atoms with Gasteiger partial charge in [0.15, 0.2) is 0 Å². The Bertz CT molecular complexity index is 428. The van der Waals surface area contributed by atoms with Gasteiger partial charge in [0.2, 0.25) is 5.91 Å². The Balaban J connectivity index is 1.51. The molecule has 102 valence electrons. The van der Waals surface area contributed by atoms with Gasteiger partial charge in [0.05, 0.1) is 6.04 Å². The summed E-state index contributed by atoms with van der Waals surface area (Å²) in [5.74, 6) is 1.07. The van der Waals surface area contributed by atoms with Crippen LogP contribution in [0.15, 0.2) is 30.3 Å². The molecule has 1 saturated heterocycles. The number of carbonyl (C=O) groups excluding carboxylic acids is 1. The third-order valence-corrected chi connectivity index (χ3v) is 4.17. The molecule has 1 heterocycles. The number of nitrogens with one attached hydrogen (secondary N) is 1. The van der Waals surface area contributed by atoms with Crippen molar-refractivity contribution in [3.05, 3.63) is 35.9 Å². The highest BCUT2D eigenvalue weighted by Gasteiger charge is 2.34. The van der Waals surface area contributed by atoms with E-state index in [4.69, 9.17) is 0 Å². The quantitative estimate of drug-likeness (QED) is 0.878. The largest absolute Gasteiger partial charge is 0.351 e. The zero-order chi connectivity index (χ0) is 13.1. The average molecular weight is 258 g/mol. The second kappa shape index (κ2) is 5.74. The zero-order valence-corrected chi connectivity index (χ0v) is 11.3. The van der Waals surface area contributed by atoms with Gasteiger partial charge in [0.1, 0.15) is 0 Å². The number of hydrogen-bond donors (Lipinski definition) is 1. The van der Waals surface area contributed by atoms with E-state index in [1.165, 1.54) is 18.4 Å². The molecule has 3 heteroatoms. The number of rotatable bonds is 5. The molecule has 1 aliphatic carbocycles. The summed E-state index contributed by atoms with van der Waals surface area (Å²) in [5, 5.41) is 3.08. The number of likely N-dealkylation sites (tertiary alicyclic amines) is 1. The zero-order valence-electron chi connectivity index (χ0n) is 11.3. The Kier molecular flexibility index (Phi) is 3.83. The molecule has 2 fully saturated rings. The minimum atomic E-state index is 0.115. The van der Waals surface area contributed by atoms with Crippen LogP contribution < -0.4 is 5.32 Å². The van der Waals surface area contributed by atoms with E-state index >= 15 is 0 Å². The molecule has 0 bridgehead atoms. The van der Waals surface area contributed by atoms with E-state index in [2.05, 4.69) is 22.3 Å². The Morgan fingerprint density at radius 2 is 2.00 bits per heavy atom. The van der Waals surface area contributed by atoms with Crippen LogP contribution in [0.4, 0.5) is 0 Å². The van der Waals surface area contributed by atoms with Crippen molar-refractivity contribution in [2.24, 2.45) is 5.92 Å². The summed E-state index contributed by atoms with van der Waals surface area (Å²) in [4.78, 5) is 14.7. The minimum absolute atomic E-state index is 0.115. The Morgan fingerprint density at radius 3 is 2.74 bits per heavy atom. The molecule has 0 unspecified atom stereocenters. The highest BCUT2D eigenvalue weighted by molar-refractivity contribution is 5.82. The van der Waals surface area contributed by atoms with Crippen molar-refractivity contribution in [1.29, 1.82) is 0 Å². The van der Waals surface area contributed by atoms with E-state index in [1.54, 1.807) is 0 Å². The lowest BCUT2D eigenvalue weighted by Gasteiger charge is -2.23. The van der Waals surface area contributed by atoms with Gasteiger partial charge >= 0.3 is 0 Å². The van der Waals surface area contributed by atoms with Crippen molar-refractivity contribution in [2.45, 2.75) is 38.3 Å². The second-order valence-electron chi connectivity index (χ2n) is 5.80. The standard InChI is InChI=1S/C16H22N2O/c19-16(17-11-13-5-2-1-3-6-13)15-7-4-10-18(15)12-14-8-9-14/h1-3,5-6,14-15H,4,7-12H2,(H,17,19)/t15-/m1/s1. The molecule has 1 saturated carbocycles. The number of benzene rings is 1. The first-order chi connectivity index (χ1) is 9.33. The maximum atomic E-state index is 12.3. The third-order valence-electron chi connectivity index (χ3n) is 4.17. The van der Waals surface area contributed by atoms with Crippen molar-refractivity contribution < 1.29 is 4.79 Å². The highest BCUT2D eigenvalue weighted by Crippen LogP contribution is 2.32. The van der Waals surface area contributed by atoms with Crippen LogP contribution in [-0.2, 0) is 11.3 Å². The maximum absolute atomic E-state index is 12.3. The lowest BCUT2D eigenvalue weighted by atomic mass is 10.2. The van der Waals surface area contributed by atoms with Crippen LogP contribution in [0.2, 0.25) is 0 Å². The van der Waals surface area contributed by atoms with E-state index in [1.807, 2.05) is 18.2 Å². The molecular weight excluding hydrogens is 236 g/mol. The average Bonchev–Trinajstić information content (AvgIpc) is 3.13. The van der Waals surface area contributed by atoms with Gasteiger partial charge in [-0.05, 0) is 43.7 Å². The number of hydrogen-bond acceptors (Lipinski definition) is 2. The summed E-state index contributed by atoms with van der Waals surface area (Å²) in [6.07, 6.45) is 4.90. The summed E-state index contributed by atoms with van der Waals surface area (Å²) in [6, 6.07) is 10.2. The normalized spacial score (nSPS) is 23.5. The first-order valence-corrected chi connectivity index (χ1v) is 7.38. The molecule has 3 rings (SSSR count). The van der Waals surface area contributed by atoms with Crippen molar-refractivity contribution in [2.75, 3.05) is 13.1 Å². The topological polar surface area (TPSA) is 32.3 Å². The molecule has 0 spiro atoms. The number of carbonyl (C=O) groups is 1. The predicted octanol–water partition coefficient (Wildman–Crippen LogP) is 2.18. The number of nitrogens with zero attached hydrogens (tertiary/aromatic N) is 1. The van der Waals surface area contributed by atoms with Gasteiger partial charge in [0, 0.05) is 13.1 Å². The summed E-state index contributed by atoms with van der Waals surface area (Å²) in [7, 11) is 0. The van der Waals surface area contributed by atoms with Crippen molar-refractivity contribution in [3.8, 4) is 0 Å². The Hall–Kier alpha value is -1.35. The molecule has 2 aliphatic rings. The van der Waals surface area contributed by atoms with Crippen LogP contribution in [0.25, 0.3) is 0 Å². The summed E-state index contributed by atoms with van der Waals surface area (Å²) in [5.41, 5.74) is 1.17. The molecule has 0 aromatic heterocycles. The van der Waals surface area contributed by atoms with E-state index in [-0.39, 0.29) is 11.9 Å². The first-order valence-electron chi connectivity index (χ1n) is 7.38. The first kappa shape index (κ1) is 12.7. The van der Waals surface area contributed by atoms with Crippen LogP contribution in [-0.4, -0.2) is 29.9 Å². The molecule has 1 N–H and O–H groups in total. The molecule has 19 heavy (non-hydrogen) atoms. The molecule has 1 amide bonds. The van der Waals surface area contributed by atoms with Gasteiger partial charge in [-0.3, -0.25) is 9.69 Å². The predicted molar refractivity (Wildman–Crippen MR) is 75.6 cm³/mol. The van der Waals surface area contributed by atoms with Gasteiger partial charge < -0.3 is 5.32 Å².